The molecule has 2 fully saturated rings. The molecule has 2 saturated heterocycles. The maximum Gasteiger partial charge on any atom is 0.230 e. The summed E-state index contributed by atoms with van der Waals surface area (Å²) >= 11 is 0. The Balaban J connectivity index is 1.46. The van der Waals surface area contributed by atoms with Crippen molar-refractivity contribution in [2.75, 3.05) is 36.5 Å². The molecule has 0 saturated carbocycles. The molecular formula is C23H24F2N8O. The van der Waals surface area contributed by atoms with Crippen LogP contribution in [0.3, 0.4) is 0 Å². The predicted molar refractivity (Wildman–Crippen MR) is 123 cm³/mol. The van der Waals surface area contributed by atoms with E-state index in [0.717, 1.165) is 12.8 Å². The van der Waals surface area contributed by atoms with Crippen LogP contribution in [0.2, 0.25) is 0 Å². The van der Waals surface area contributed by atoms with E-state index in [2.05, 4.69) is 20.3 Å². The van der Waals surface area contributed by atoms with Crippen molar-refractivity contribution in [3.8, 4) is 11.4 Å². The number of hydrogen-bond donors (Lipinski definition) is 1. The van der Waals surface area contributed by atoms with Crippen LogP contribution >= 0.6 is 0 Å². The zero-order valence-electron chi connectivity index (χ0n) is 18.7. The lowest BCUT2D eigenvalue weighted by Gasteiger charge is -2.24. The van der Waals surface area contributed by atoms with Gasteiger partial charge in [-0.2, -0.15) is 19.6 Å². The van der Waals surface area contributed by atoms with E-state index in [1.807, 2.05) is 17.9 Å². The molecule has 0 radical (unpaired) electrons. The molecule has 4 aromatic rings. The first-order valence-corrected chi connectivity index (χ1v) is 11.5. The fraction of sp³-hybridized carbons (Fsp3) is 0.435. The van der Waals surface area contributed by atoms with Gasteiger partial charge in [0.2, 0.25) is 11.9 Å². The molecule has 0 bridgehead atoms. The number of fused-ring (bicyclic) bond motifs is 2. The number of alkyl halides is 1. The summed E-state index contributed by atoms with van der Waals surface area (Å²) in [6, 6.07) is 6.33. The monoisotopic (exact) mass is 466 g/mol. The van der Waals surface area contributed by atoms with Crippen molar-refractivity contribution in [3.05, 3.63) is 35.8 Å². The summed E-state index contributed by atoms with van der Waals surface area (Å²) in [5.41, 5.74) is 3.42. The number of hydrogen-bond acceptors (Lipinski definition) is 8. The molecule has 1 N–H and O–H groups in total. The van der Waals surface area contributed by atoms with Crippen molar-refractivity contribution in [2.24, 2.45) is 0 Å². The van der Waals surface area contributed by atoms with Gasteiger partial charge in [0.15, 0.2) is 5.65 Å². The lowest BCUT2D eigenvalue weighted by molar-refractivity contribution is 0.0902. The van der Waals surface area contributed by atoms with Crippen molar-refractivity contribution < 1.29 is 13.5 Å². The van der Waals surface area contributed by atoms with E-state index in [4.69, 9.17) is 14.8 Å². The predicted octanol–water partition coefficient (Wildman–Crippen LogP) is 3.32. The normalized spacial score (nSPS) is 19.4. The molecule has 6 rings (SSSR count). The van der Waals surface area contributed by atoms with E-state index in [9.17, 15) is 8.78 Å². The van der Waals surface area contributed by atoms with Crippen molar-refractivity contribution in [3.63, 3.8) is 0 Å². The van der Waals surface area contributed by atoms with Gasteiger partial charge in [0, 0.05) is 37.9 Å². The molecule has 0 spiro atoms. The Morgan fingerprint density at radius 3 is 2.68 bits per heavy atom. The molecule has 2 aliphatic rings. The van der Waals surface area contributed by atoms with E-state index < -0.39 is 6.17 Å². The Morgan fingerprint density at radius 1 is 1.03 bits per heavy atom. The number of nitrogens with one attached hydrogen (secondary N) is 1. The summed E-state index contributed by atoms with van der Waals surface area (Å²) < 4.78 is 34.8. The summed E-state index contributed by atoms with van der Waals surface area (Å²) in [6.07, 6.45) is 1.28. The van der Waals surface area contributed by atoms with Gasteiger partial charge in [-0.15, -0.1) is 0 Å². The fourth-order valence-electron chi connectivity index (χ4n) is 4.51. The second-order valence-electron chi connectivity index (χ2n) is 8.80. The first-order chi connectivity index (χ1) is 16.5. The second kappa shape index (κ2) is 8.39. The number of aromatic nitrogens is 6. The summed E-state index contributed by atoms with van der Waals surface area (Å²) in [4.78, 5) is 20.5. The van der Waals surface area contributed by atoms with Crippen LogP contribution in [0.4, 0.5) is 20.7 Å². The number of rotatable bonds is 4. The van der Waals surface area contributed by atoms with Gasteiger partial charge in [-0.25, -0.2) is 18.7 Å². The van der Waals surface area contributed by atoms with Crippen molar-refractivity contribution in [2.45, 2.75) is 38.4 Å². The zero-order valence-corrected chi connectivity index (χ0v) is 18.7. The Kier molecular flexibility index (Phi) is 5.20. The summed E-state index contributed by atoms with van der Waals surface area (Å²) in [7, 11) is 0. The molecule has 0 aliphatic carbocycles. The molecular weight excluding hydrogens is 442 g/mol. The minimum Gasteiger partial charge on any atom is -0.381 e. The standard InChI is InChI=1S/C23H24F2N8O/c1-13-21(28-18-10-14(24)2-3-17(18)26-13)19-11-20-29-22(32-7-4-15(25)12-32)30-23(33(20)31-19)27-16-5-8-34-9-6-16/h2-3,10-11,15-16H,4-9,12H2,1H3,(H,27,29,30)/t15-/m1/s1. The van der Waals surface area contributed by atoms with Gasteiger partial charge in [0.25, 0.3) is 0 Å². The summed E-state index contributed by atoms with van der Waals surface area (Å²) in [6.45, 7) is 4.05. The third-order valence-electron chi connectivity index (χ3n) is 6.32. The van der Waals surface area contributed by atoms with Gasteiger partial charge in [0.05, 0.1) is 23.3 Å². The average molecular weight is 466 g/mol. The molecule has 9 nitrogen and oxygen atoms in total. The fourth-order valence-corrected chi connectivity index (χ4v) is 4.51. The third kappa shape index (κ3) is 3.89. The van der Waals surface area contributed by atoms with E-state index >= 15 is 0 Å². The number of anilines is 2. The van der Waals surface area contributed by atoms with Gasteiger partial charge >= 0.3 is 0 Å². The topological polar surface area (TPSA) is 93.4 Å². The molecule has 11 heteroatoms. The van der Waals surface area contributed by atoms with Crippen LogP contribution in [-0.2, 0) is 4.74 Å². The number of aryl methyl sites for hydroxylation is 1. The minimum atomic E-state index is -0.886. The largest absolute Gasteiger partial charge is 0.381 e. The van der Waals surface area contributed by atoms with Crippen LogP contribution in [0.1, 0.15) is 25.0 Å². The quantitative estimate of drug-likeness (QED) is 0.490. The number of halogens is 2. The minimum absolute atomic E-state index is 0.185. The number of ether oxygens (including phenoxy) is 1. The number of benzene rings is 1. The molecule has 5 heterocycles. The molecule has 0 unspecified atom stereocenters. The highest BCUT2D eigenvalue weighted by molar-refractivity contribution is 5.78. The average Bonchev–Trinajstić information content (AvgIpc) is 3.46. The first kappa shape index (κ1) is 21.1. The Hall–Kier alpha value is -3.47. The molecule has 0 amide bonds. The van der Waals surface area contributed by atoms with Gasteiger partial charge in [-0.3, -0.25) is 0 Å². The summed E-state index contributed by atoms with van der Waals surface area (Å²) in [5, 5.41) is 8.21. The van der Waals surface area contributed by atoms with E-state index in [0.29, 0.717) is 71.8 Å². The molecule has 1 aromatic carbocycles. The second-order valence-corrected chi connectivity index (χ2v) is 8.80. The smallest absolute Gasteiger partial charge is 0.230 e. The molecule has 34 heavy (non-hydrogen) atoms. The Morgan fingerprint density at radius 2 is 1.88 bits per heavy atom. The zero-order chi connectivity index (χ0) is 23.2. The van der Waals surface area contributed by atoms with Crippen molar-refractivity contribution in [1.29, 1.82) is 0 Å². The van der Waals surface area contributed by atoms with Gasteiger partial charge in [-0.1, -0.05) is 0 Å². The Labute approximate surface area is 194 Å². The molecule has 176 valence electrons. The maximum absolute atomic E-state index is 13.9. The van der Waals surface area contributed by atoms with Gasteiger partial charge < -0.3 is 15.0 Å². The lowest BCUT2D eigenvalue weighted by atomic mass is 10.1. The van der Waals surface area contributed by atoms with Crippen molar-refractivity contribution in [1.82, 2.24) is 29.5 Å². The molecule has 3 aromatic heterocycles. The SMILES string of the molecule is Cc1nc2ccc(F)cc2nc1-c1cc2nc(N3CC[C@@H](F)C3)nc(NC3CCOCC3)n2n1. The molecule has 1 atom stereocenters. The lowest BCUT2D eigenvalue weighted by Crippen LogP contribution is -2.30. The first-order valence-electron chi connectivity index (χ1n) is 11.5. The van der Waals surface area contributed by atoms with Crippen LogP contribution in [0.5, 0.6) is 0 Å². The van der Waals surface area contributed by atoms with Gasteiger partial charge in [0.1, 0.15) is 23.4 Å². The van der Waals surface area contributed by atoms with Crippen LogP contribution in [0, 0.1) is 12.7 Å². The van der Waals surface area contributed by atoms with Crippen LogP contribution in [0.25, 0.3) is 28.1 Å². The summed E-state index contributed by atoms with van der Waals surface area (Å²) in [5.74, 6) is 0.636. The highest BCUT2D eigenvalue weighted by atomic mass is 19.1. The highest BCUT2D eigenvalue weighted by Gasteiger charge is 2.26. The molecule has 2 aliphatic heterocycles. The van der Waals surface area contributed by atoms with E-state index in [-0.39, 0.29) is 18.4 Å². The maximum atomic E-state index is 13.9. The van der Waals surface area contributed by atoms with Crippen LogP contribution in [-0.4, -0.2) is 68.1 Å². The van der Waals surface area contributed by atoms with Gasteiger partial charge in [-0.05, 0) is 38.3 Å². The van der Waals surface area contributed by atoms with Crippen LogP contribution in [0.15, 0.2) is 24.3 Å². The van der Waals surface area contributed by atoms with E-state index in [1.54, 1.807) is 10.6 Å². The van der Waals surface area contributed by atoms with Crippen molar-refractivity contribution >= 4 is 28.6 Å². The Bertz CT molecular complexity index is 1370. The highest BCUT2D eigenvalue weighted by Crippen LogP contribution is 2.27. The number of nitrogens with zero attached hydrogens (tertiary/aromatic N) is 7. The van der Waals surface area contributed by atoms with E-state index in [1.165, 1.54) is 12.1 Å². The third-order valence-corrected chi connectivity index (χ3v) is 6.32. The van der Waals surface area contributed by atoms with Crippen LogP contribution < -0.4 is 10.2 Å².